The monoisotopic (exact) mass is 507 g/mol. The molecule has 0 aliphatic carbocycles. The van der Waals surface area contributed by atoms with Crippen LogP contribution in [0.15, 0.2) is 59.5 Å². The molecule has 9 nitrogen and oxygen atoms in total. The second-order valence-electron chi connectivity index (χ2n) is 8.96. The third kappa shape index (κ3) is 4.66. The number of carbonyl (C=O) groups excluding carboxylic acids is 1. The molecule has 188 valence electrons. The van der Waals surface area contributed by atoms with E-state index in [4.69, 9.17) is 4.74 Å². The molecule has 2 aromatic carbocycles. The van der Waals surface area contributed by atoms with E-state index in [1.54, 1.807) is 30.2 Å². The standard InChI is InChI=1S/C26H29N5O4S/c1-19(32)31-12-4-6-21-18-23(8-10-25(21)31)36(33,34)30-15-13-29(14-16-30)26-11-9-24(27-28-26)20-5-3-7-22(17-20)35-2/h3,5,7-11,17-18H,4,6,12-16H2,1-2H3. The van der Waals surface area contributed by atoms with E-state index < -0.39 is 10.0 Å². The van der Waals surface area contributed by atoms with Gasteiger partial charge in [0.05, 0.1) is 17.7 Å². The molecule has 2 aliphatic rings. The summed E-state index contributed by atoms with van der Waals surface area (Å²) in [7, 11) is -2.01. The van der Waals surface area contributed by atoms with Crippen LogP contribution in [0, 0.1) is 0 Å². The number of methoxy groups -OCH3 is 1. The van der Waals surface area contributed by atoms with Gasteiger partial charge in [-0.05, 0) is 60.9 Å². The van der Waals surface area contributed by atoms with Crippen LogP contribution in [-0.4, -0.2) is 68.7 Å². The van der Waals surface area contributed by atoms with Crippen molar-refractivity contribution in [1.29, 1.82) is 0 Å². The Morgan fingerprint density at radius 1 is 0.944 bits per heavy atom. The quantitative estimate of drug-likeness (QED) is 0.524. The number of piperazine rings is 1. The van der Waals surface area contributed by atoms with E-state index in [2.05, 4.69) is 10.2 Å². The number of fused-ring (bicyclic) bond motifs is 1. The number of anilines is 2. The number of rotatable bonds is 5. The Balaban J connectivity index is 1.27. The van der Waals surface area contributed by atoms with Gasteiger partial charge in [-0.3, -0.25) is 4.79 Å². The third-order valence-corrected chi connectivity index (χ3v) is 8.66. The second kappa shape index (κ2) is 9.87. The van der Waals surface area contributed by atoms with Crippen LogP contribution in [0.3, 0.4) is 0 Å². The molecule has 0 bridgehead atoms. The SMILES string of the molecule is COc1cccc(-c2ccc(N3CCN(S(=O)(=O)c4ccc5c(c4)CCCN5C(C)=O)CC3)nn2)c1. The van der Waals surface area contributed by atoms with Crippen molar-refractivity contribution >= 4 is 27.4 Å². The van der Waals surface area contributed by atoms with E-state index >= 15 is 0 Å². The minimum absolute atomic E-state index is 0.0256. The Morgan fingerprint density at radius 3 is 2.44 bits per heavy atom. The lowest BCUT2D eigenvalue weighted by Crippen LogP contribution is -2.49. The average molecular weight is 508 g/mol. The lowest BCUT2D eigenvalue weighted by atomic mass is 10.0. The molecule has 0 unspecified atom stereocenters. The molecule has 36 heavy (non-hydrogen) atoms. The third-order valence-electron chi connectivity index (χ3n) is 6.77. The number of aryl methyl sites for hydroxylation is 1. The zero-order valence-corrected chi connectivity index (χ0v) is 21.2. The molecule has 5 rings (SSSR count). The fraction of sp³-hybridized carbons (Fsp3) is 0.346. The first-order valence-electron chi connectivity index (χ1n) is 12.0. The zero-order chi connectivity index (χ0) is 25.3. The maximum Gasteiger partial charge on any atom is 0.243 e. The van der Waals surface area contributed by atoms with Crippen molar-refractivity contribution in [2.24, 2.45) is 0 Å². The fourth-order valence-electron chi connectivity index (χ4n) is 4.80. The van der Waals surface area contributed by atoms with Gasteiger partial charge >= 0.3 is 0 Å². The molecule has 0 radical (unpaired) electrons. The first-order valence-corrected chi connectivity index (χ1v) is 13.4. The molecular formula is C26H29N5O4S. The minimum Gasteiger partial charge on any atom is -0.497 e. The normalized spacial score (nSPS) is 16.5. The Morgan fingerprint density at radius 2 is 1.75 bits per heavy atom. The summed E-state index contributed by atoms with van der Waals surface area (Å²) in [5.41, 5.74) is 3.38. The van der Waals surface area contributed by atoms with Gasteiger partial charge in [0.25, 0.3) is 0 Å². The lowest BCUT2D eigenvalue weighted by molar-refractivity contribution is -0.116. The van der Waals surface area contributed by atoms with Crippen molar-refractivity contribution in [2.45, 2.75) is 24.7 Å². The molecule has 2 aliphatic heterocycles. The number of amides is 1. The molecule has 1 amide bonds. The van der Waals surface area contributed by atoms with Gasteiger partial charge in [-0.25, -0.2) is 8.42 Å². The van der Waals surface area contributed by atoms with Crippen molar-refractivity contribution in [3.05, 3.63) is 60.2 Å². The van der Waals surface area contributed by atoms with Crippen LogP contribution in [0.25, 0.3) is 11.3 Å². The van der Waals surface area contributed by atoms with Gasteiger partial charge in [-0.15, -0.1) is 10.2 Å². The van der Waals surface area contributed by atoms with Crippen LogP contribution in [-0.2, 0) is 21.2 Å². The number of hydrogen-bond donors (Lipinski definition) is 0. The summed E-state index contributed by atoms with van der Waals surface area (Å²) in [5.74, 6) is 1.45. The first-order chi connectivity index (χ1) is 17.4. The molecule has 0 saturated carbocycles. The second-order valence-corrected chi connectivity index (χ2v) is 10.9. The summed E-state index contributed by atoms with van der Waals surface area (Å²) >= 11 is 0. The number of nitrogens with zero attached hydrogens (tertiary/aromatic N) is 5. The molecule has 1 aromatic heterocycles. The number of carbonyl (C=O) groups is 1. The number of aromatic nitrogens is 2. The van der Waals surface area contributed by atoms with Gasteiger partial charge in [0, 0.05) is 50.9 Å². The largest absolute Gasteiger partial charge is 0.497 e. The summed E-state index contributed by atoms with van der Waals surface area (Å²) in [6.07, 6.45) is 1.59. The van der Waals surface area contributed by atoms with E-state index in [-0.39, 0.29) is 10.8 Å². The van der Waals surface area contributed by atoms with Crippen LogP contribution in [0.5, 0.6) is 5.75 Å². The molecule has 3 aromatic rings. The Bertz CT molecular complexity index is 1370. The molecule has 0 spiro atoms. The van der Waals surface area contributed by atoms with Crippen LogP contribution in [0.1, 0.15) is 18.9 Å². The van der Waals surface area contributed by atoms with Crippen LogP contribution in [0.4, 0.5) is 11.5 Å². The fourth-order valence-corrected chi connectivity index (χ4v) is 6.27. The predicted molar refractivity (Wildman–Crippen MR) is 138 cm³/mol. The van der Waals surface area contributed by atoms with Crippen molar-refractivity contribution in [3.8, 4) is 17.0 Å². The molecule has 10 heteroatoms. The van der Waals surface area contributed by atoms with E-state index in [1.165, 1.54) is 11.2 Å². The van der Waals surface area contributed by atoms with Gasteiger partial charge in [0.2, 0.25) is 15.9 Å². The number of benzene rings is 2. The van der Waals surface area contributed by atoms with Gasteiger partial charge in [-0.1, -0.05) is 12.1 Å². The molecule has 1 saturated heterocycles. The van der Waals surface area contributed by atoms with Crippen molar-refractivity contribution in [3.63, 3.8) is 0 Å². The van der Waals surface area contributed by atoms with E-state index in [0.29, 0.717) is 32.7 Å². The van der Waals surface area contributed by atoms with Gasteiger partial charge in [-0.2, -0.15) is 4.31 Å². The van der Waals surface area contributed by atoms with E-state index in [9.17, 15) is 13.2 Å². The van der Waals surface area contributed by atoms with Crippen LogP contribution >= 0.6 is 0 Å². The number of sulfonamides is 1. The van der Waals surface area contributed by atoms with Crippen molar-refractivity contribution in [1.82, 2.24) is 14.5 Å². The smallest absolute Gasteiger partial charge is 0.243 e. The highest BCUT2D eigenvalue weighted by Crippen LogP contribution is 2.31. The highest BCUT2D eigenvalue weighted by Gasteiger charge is 2.30. The van der Waals surface area contributed by atoms with E-state index in [1.807, 2.05) is 41.3 Å². The Hall–Kier alpha value is -3.50. The molecular weight excluding hydrogens is 478 g/mol. The summed E-state index contributed by atoms with van der Waals surface area (Å²) in [5, 5.41) is 8.75. The molecule has 0 N–H and O–H groups in total. The highest BCUT2D eigenvalue weighted by molar-refractivity contribution is 7.89. The van der Waals surface area contributed by atoms with Gasteiger partial charge in [0.15, 0.2) is 5.82 Å². The lowest BCUT2D eigenvalue weighted by Gasteiger charge is -2.35. The predicted octanol–water partition coefficient (Wildman–Crippen LogP) is 2.96. The van der Waals surface area contributed by atoms with Crippen molar-refractivity contribution in [2.75, 3.05) is 49.6 Å². The van der Waals surface area contributed by atoms with Crippen LogP contribution < -0.4 is 14.5 Å². The van der Waals surface area contributed by atoms with Gasteiger partial charge in [0.1, 0.15) is 5.75 Å². The molecule has 3 heterocycles. The van der Waals surface area contributed by atoms with Gasteiger partial charge < -0.3 is 14.5 Å². The number of hydrogen-bond acceptors (Lipinski definition) is 7. The maximum absolute atomic E-state index is 13.4. The molecule has 0 atom stereocenters. The zero-order valence-electron chi connectivity index (χ0n) is 20.4. The summed E-state index contributed by atoms with van der Waals surface area (Å²) < 4.78 is 33.6. The van der Waals surface area contributed by atoms with Crippen LogP contribution in [0.2, 0.25) is 0 Å². The highest BCUT2D eigenvalue weighted by atomic mass is 32.2. The summed E-state index contributed by atoms with van der Waals surface area (Å²) in [4.78, 5) is 16.0. The molecule has 1 fully saturated rings. The van der Waals surface area contributed by atoms with Crippen molar-refractivity contribution < 1.29 is 17.9 Å². The summed E-state index contributed by atoms with van der Waals surface area (Å²) in [6, 6.07) is 16.6. The first kappa shape index (κ1) is 24.2. The maximum atomic E-state index is 13.4. The average Bonchev–Trinajstić information content (AvgIpc) is 2.92. The topological polar surface area (TPSA) is 95.9 Å². The van der Waals surface area contributed by atoms with E-state index in [0.717, 1.165) is 46.9 Å². The summed E-state index contributed by atoms with van der Waals surface area (Å²) in [6.45, 7) is 3.97. The Labute approximate surface area is 211 Å². The Kier molecular flexibility index (Phi) is 6.63. The number of ether oxygens (including phenoxy) is 1. The minimum atomic E-state index is -3.63.